The number of aryl methyl sites for hydroxylation is 1. The Morgan fingerprint density at radius 3 is 2.46 bits per heavy atom. The fraction of sp³-hybridized carbons (Fsp3) is 0.400. The van der Waals surface area contributed by atoms with Crippen molar-refractivity contribution in [2.45, 2.75) is 25.4 Å². The molecule has 0 heterocycles. The lowest BCUT2D eigenvalue weighted by Crippen LogP contribution is -2.18. The number of aliphatic hydroxyl groups excluding tert-OH is 1. The average molecular weight is 294 g/mol. The van der Waals surface area contributed by atoms with Crippen LogP contribution in [0.1, 0.15) is 17.5 Å². The minimum atomic E-state index is -0.107. The van der Waals surface area contributed by atoms with E-state index in [2.05, 4.69) is 18.2 Å². The van der Waals surface area contributed by atoms with Crippen LogP contribution in [0.3, 0.4) is 0 Å². The molecule has 0 bridgehead atoms. The number of hydrogen-bond donors (Lipinski definition) is 1. The first-order valence-electron chi connectivity index (χ1n) is 4.11. The van der Waals surface area contributed by atoms with Gasteiger partial charge in [-0.2, -0.15) is 0 Å². The largest absolute Gasteiger partial charge is 0.412 e. The molecule has 0 aliphatic heterocycles. The standard InChI is InChI=1S/C10H12O.HI.H2O/c11-10-6-5-8-3-1-2-4-9(8)7-10;;/h1-4,10-11H,5-7H2;1H;1H2. The molecule has 2 rings (SSSR count). The van der Waals surface area contributed by atoms with Crippen LogP contribution >= 0.6 is 24.0 Å². The van der Waals surface area contributed by atoms with Crippen LogP contribution in [0.25, 0.3) is 0 Å². The third-order valence-corrected chi connectivity index (χ3v) is 2.32. The Morgan fingerprint density at radius 2 is 1.77 bits per heavy atom. The maximum Gasteiger partial charge on any atom is 0.0583 e. The SMILES string of the molecule is I.O.OC1CCc2ccccc2C1. The van der Waals surface area contributed by atoms with Gasteiger partial charge in [0.1, 0.15) is 0 Å². The van der Waals surface area contributed by atoms with Crippen LogP contribution in [0.4, 0.5) is 0 Å². The lowest BCUT2D eigenvalue weighted by molar-refractivity contribution is 0.158. The molecule has 1 aliphatic carbocycles. The number of aliphatic hydroxyl groups is 1. The van der Waals surface area contributed by atoms with E-state index >= 15 is 0 Å². The van der Waals surface area contributed by atoms with E-state index in [-0.39, 0.29) is 35.6 Å². The molecule has 0 amide bonds. The van der Waals surface area contributed by atoms with Crippen molar-refractivity contribution < 1.29 is 10.6 Å². The monoisotopic (exact) mass is 294 g/mol. The quantitative estimate of drug-likeness (QED) is 0.721. The molecule has 74 valence electrons. The molecular weight excluding hydrogens is 279 g/mol. The van der Waals surface area contributed by atoms with Crippen molar-refractivity contribution >= 4 is 24.0 Å². The summed E-state index contributed by atoms with van der Waals surface area (Å²) in [4.78, 5) is 0. The van der Waals surface area contributed by atoms with E-state index in [9.17, 15) is 5.11 Å². The van der Waals surface area contributed by atoms with Crippen molar-refractivity contribution in [2.24, 2.45) is 0 Å². The van der Waals surface area contributed by atoms with Crippen molar-refractivity contribution in [3.05, 3.63) is 35.4 Å². The summed E-state index contributed by atoms with van der Waals surface area (Å²) < 4.78 is 0. The van der Waals surface area contributed by atoms with Crippen LogP contribution in [0, 0.1) is 0 Å². The fourth-order valence-corrected chi connectivity index (χ4v) is 1.68. The summed E-state index contributed by atoms with van der Waals surface area (Å²) in [6, 6.07) is 8.37. The van der Waals surface area contributed by atoms with Crippen LogP contribution in [0.5, 0.6) is 0 Å². The Kier molecular flexibility index (Phi) is 5.51. The molecule has 3 N–H and O–H groups in total. The van der Waals surface area contributed by atoms with Crippen LogP contribution in [-0.4, -0.2) is 16.7 Å². The van der Waals surface area contributed by atoms with Gasteiger partial charge in [-0.15, -0.1) is 24.0 Å². The maximum atomic E-state index is 9.36. The lowest BCUT2D eigenvalue weighted by Gasteiger charge is -2.19. The van der Waals surface area contributed by atoms with E-state index in [0.717, 1.165) is 19.3 Å². The molecule has 0 saturated carbocycles. The van der Waals surface area contributed by atoms with Crippen molar-refractivity contribution in [1.29, 1.82) is 0 Å². The Bertz CT molecular complexity index is 263. The molecule has 3 heteroatoms. The molecule has 0 spiro atoms. The van der Waals surface area contributed by atoms with Gasteiger partial charge < -0.3 is 10.6 Å². The third kappa shape index (κ3) is 2.93. The molecule has 0 fully saturated rings. The average Bonchev–Trinajstić information content (AvgIpc) is 2.04. The van der Waals surface area contributed by atoms with E-state index in [1.165, 1.54) is 11.1 Å². The first kappa shape index (κ1) is 12.9. The molecule has 1 aliphatic rings. The highest BCUT2D eigenvalue weighted by Gasteiger charge is 2.14. The van der Waals surface area contributed by atoms with Gasteiger partial charge in [0.25, 0.3) is 0 Å². The number of rotatable bonds is 0. The highest BCUT2D eigenvalue weighted by molar-refractivity contribution is 14.0. The van der Waals surface area contributed by atoms with Gasteiger partial charge in [0.2, 0.25) is 0 Å². The van der Waals surface area contributed by atoms with E-state index in [1.54, 1.807) is 0 Å². The molecule has 0 saturated heterocycles. The predicted octanol–water partition coefficient (Wildman–Crippen LogP) is 1.33. The van der Waals surface area contributed by atoms with Crippen LogP contribution in [0.15, 0.2) is 24.3 Å². The van der Waals surface area contributed by atoms with Gasteiger partial charge in [-0.25, -0.2) is 0 Å². The molecule has 2 nitrogen and oxygen atoms in total. The highest BCUT2D eigenvalue weighted by atomic mass is 127. The van der Waals surface area contributed by atoms with Gasteiger partial charge in [0, 0.05) is 0 Å². The lowest BCUT2D eigenvalue weighted by atomic mass is 9.90. The van der Waals surface area contributed by atoms with Crippen LogP contribution in [-0.2, 0) is 12.8 Å². The number of halogens is 1. The summed E-state index contributed by atoms with van der Waals surface area (Å²) >= 11 is 0. The first-order valence-corrected chi connectivity index (χ1v) is 4.11. The van der Waals surface area contributed by atoms with Gasteiger partial charge in [0.05, 0.1) is 6.10 Å². The fourth-order valence-electron chi connectivity index (χ4n) is 1.68. The number of hydrogen-bond acceptors (Lipinski definition) is 1. The smallest absolute Gasteiger partial charge is 0.0583 e. The van der Waals surface area contributed by atoms with E-state index in [0.29, 0.717) is 0 Å². The summed E-state index contributed by atoms with van der Waals surface area (Å²) in [5.41, 5.74) is 2.74. The summed E-state index contributed by atoms with van der Waals surface area (Å²) in [5, 5.41) is 9.36. The molecular formula is C10H15IO2. The highest BCUT2D eigenvalue weighted by Crippen LogP contribution is 2.20. The van der Waals surface area contributed by atoms with E-state index < -0.39 is 0 Å². The second-order valence-electron chi connectivity index (χ2n) is 3.17. The van der Waals surface area contributed by atoms with Gasteiger partial charge in [0.15, 0.2) is 0 Å². The Morgan fingerprint density at radius 1 is 1.15 bits per heavy atom. The van der Waals surface area contributed by atoms with Crippen molar-refractivity contribution in [1.82, 2.24) is 0 Å². The Balaban J connectivity index is 0.000000720. The summed E-state index contributed by atoms with van der Waals surface area (Å²) in [5.74, 6) is 0. The minimum absolute atomic E-state index is 0. The Labute approximate surface area is 95.3 Å². The molecule has 0 radical (unpaired) electrons. The molecule has 13 heavy (non-hydrogen) atoms. The van der Waals surface area contributed by atoms with Gasteiger partial charge in [-0.05, 0) is 30.4 Å². The minimum Gasteiger partial charge on any atom is -0.412 e. The normalized spacial score (nSPS) is 19.3. The van der Waals surface area contributed by atoms with Gasteiger partial charge >= 0.3 is 0 Å². The second-order valence-corrected chi connectivity index (χ2v) is 3.17. The van der Waals surface area contributed by atoms with E-state index in [1.807, 2.05) is 6.07 Å². The number of benzene rings is 1. The van der Waals surface area contributed by atoms with Crippen molar-refractivity contribution in [3.8, 4) is 0 Å². The van der Waals surface area contributed by atoms with Gasteiger partial charge in [-0.3, -0.25) is 0 Å². The van der Waals surface area contributed by atoms with Crippen LogP contribution in [0.2, 0.25) is 0 Å². The second kappa shape index (κ2) is 5.57. The topological polar surface area (TPSA) is 51.7 Å². The summed E-state index contributed by atoms with van der Waals surface area (Å²) in [7, 11) is 0. The molecule has 1 atom stereocenters. The summed E-state index contributed by atoms with van der Waals surface area (Å²) in [6.45, 7) is 0. The zero-order chi connectivity index (χ0) is 7.68. The van der Waals surface area contributed by atoms with Crippen LogP contribution < -0.4 is 0 Å². The zero-order valence-electron chi connectivity index (χ0n) is 7.36. The Hall–Kier alpha value is -0.130. The zero-order valence-corrected chi connectivity index (χ0v) is 9.69. The van der Waals surface area contributed by atoms with E-state index in [4.69, 9.17) is 0 Å². The predicted molar refractivity (Wildman–Crippen MR) is 63.5 cm³/mol. The molecule has 0 aromatic heterocycles. The first-order chi connectivity index (χ1) is 5.36. The number of fused-ring (bicyclic) bond motifs is 1. The van der Waals surface area contributed by atoms with Crippen molar-refractivity contribution in [3.63, 3.8) is 0 Å². The maximum absolute atomic E-state index is 9.36. The molecule has 1 aromatic rings. The third-order valence-electron chi connectivity index (χ3n) is 2.32. The van der Waals surface area contributed by atoms with Gasteiger partial charge in [-0.1, -0.05) is 24.3 Å². The summed E-state index contributed by atoms with van der Waals surface area (Å²) in [6.07, 6.45) is 2.70. The molecule has 1 unspecified atom stereocenters. The van der Waals surface area contributed by atoms with Crippen molar-refractivity contribution in [2.75, 3.05) is 0 Å². The molecule has 1 aromatic carbocycles.